The molecule has 0 aromatic carbocycles. The molecule has 8 heteroatoms. The van der Waals surface area contributed by atoms with E-state index >= 15 is 0 Å². The Morgan fingerprint density at radius 1 is 1.21 bits per heavy atom. The van der Waals surface area contributed by atoms with Crippen molar-refractivity contribution in [1.82, 2.24) is 0 Å². The summed E-state index contributed by atoms with van der Waals surface area (Å²) in [4.78, 5) is 16.9. The maximum Gasteiger partial charge on any atom is 0.309 e. The SMILES string of the molecule is COC(=O)[C@H](C/C=C\CCCO[Si](C)(C)C(C)(C)C)CS1(O)C=NC=C1[Si](C)(C)CC(C)C. The Labute approximate surface area is 206 Å². The highest BCUT2D eigenvalue weighted by molar-refractivity contribution is 8.44. The normalized spacial score (nSPS) is 22.5. The lowest BCUT2D eigenvalue weighted by Gasteiger charge is -2.39. The van der Waals surface area contributed by atoms with E-state index in [1.165, 1.54) is 7.11 Å². The molecule has 192 valence electrons. The van der Waals surface area contributed by atoms with Crippen LogP contribution in [0.15, 0.2) is 27.9 Å². The number of hydrogen-bond acceptors (Lipinski definition) is 5. The van der Waals surface area contributed by atoms with E-state index in [9.17, 15) is 9.35 Å². The quantitative estimate of drug-likeness (QED) is 0.119. The Bertz CT molecular complexity index is 741. The molecular weight excluding hydrogens is 467 g/mol. The lowest BCUT2D eigenvalue weighted by atomic mass is 10.1. The third-order valence-electron chi connectivity index (χ3n) is 6.75. The highest BCUT2D eigenvalue weighted by atomic mass is 32.3. The number of nitrogens with zero attached hydrogens (tertiary/aromatic N) is 1. The van der Waals surface area contributed by atoms with Crippen molar-refractivity contribution < 1.29 is 18.5 Å². The number of hydrogen-bond donors (Lipinski definition) is 1. The standard InChI is InChI=1S/C25H49NO4SSi2/c1-21(2)19-32(7,8)23-17-26-20-31(23,28)18-22(24(27)29-6)15-13-11-12-14-16-30-33(9,10)25(3,4)5/h11,13,17,20-22,28H,12,14-16,18-19H2,1-10H3/b13-11-/t22-/m1/s1. The number of methoxy groups -OCH3 is 1. The Morgan fingerprint density at radius 3 is 2.39 bits per heavy atom. The third-order valence-corrected chi connectivity index (χ3v) is 19.6. The first-order valence-electron chi connectivity index (χ1n) is 12.2. The van der Waals surface area contributed by atoms with E-state index in [4.69, 9.17) is 9.16 Å². The average molecular weight is 516 g/mol. The minimum absolute atomic E-state index is 0.225. The molecule has 0 saturated heterocycles. The van der Waals surface area contributed by atoms with Crippen LogP contribution in [0.25, 0.3) is 0 Å². The summed E-state index contributed by atoms with van der Waals surface area (Å²) in [6.07, 6.45) is 8.51. The van der Waals surface area contributed by atoms with Gasteiger partial charge in [-0.2, -0.15) is 0 Å². The van der Waals surface area contributed by atoms with Crippen molar-refractivity contribution in [3.05, 3.63) is 22.9 Å². The van der Waals surface area contributed by atoms with Gasteiger partial charge in [0.2, 0.25) is 0 Å². The van der Waals surface area contributed by atoms with Crippen molar-refractivity contribution >= 4 is 38.2 Å². The molecule has 0 aliphatic carbocycles. The molecule has 0 bridgehead atoms. The highest BCUT2D eigenvalue weighted by Gasteiger charge is 2.42. The van der Waals surface area contributed by atoms with E-state index < -0.39 is 26.7 Å². The van der Waals surface area contributed by atoms with Crippen molar-refractivity contribution in [2.75, 3.05) is 19.5 Å². The van der Waals surface area contributed by atoms with Crippen LogP contribution in [0.3, 0.4) is 0 Å². The molecule has 1 rings (SSSR count). The fourth-order valence-corrected chi connectivity index (χ4v) is 14.1. The van der Waals surface area contributed by atoms with Gasteiger partial charge in [0.15, 0.2) is 8.32 Å². The Balaban J connectivity index is 2.70. The second kappa shape index (κ2) is 12.3. The summed E-state index contributed by atoms with van der Waals surface area (Å²) in [6.45, 7) is 21.1. The zero-order chi connectivity index (χ0) is 25.5. The summed E-state index contributed by atoms with van der Waals surface area (Å²) in [5.74, 6) is 0.329. The Kier molecular flexibility index (Phi) is 11.3. The molecule has 1 aliphatic heterocycles. The van der Waals surface area contributed by atoms with Gasteiger partial charge < -0.3 is 13.7 Å². The van der Waals surface area contributed by atoms with Crippen LogP contribution in [0, 0.1) is 11.8 Å². The predicted molar refractivity (Wildman–Crippen MR) is 150 cm³/mol. The smallest absolute Gasteiger partial charge is 0.309 e. The summed E-state index contributed by atoms with van der Waals surface area (Å²) in [5.41, 5.74) is 1.70. The van der Waals surface area contributed by atoms with Gasteiger partial charge in [-0.1, -0.05) is 76.2 Å². The molecule has 0 radical (unpaired) electrons. The number of aliphatic imine (C=N–C) groups is 1. The van der Waals surface area contributed by atoms with Gasteiger partial charge in [-0.15, -0.1) is 0 Å². The van der Waals surface area contributed by atoms with E-state index in [0.717, 1.165) is 30.0 Å². The summed E-state index contributed by atoms with van der Waals surface area (Å²) in [6, 6.07) is 1.09. The van der Waals surface area contributed by atoms with Gasteiger partial charge in [0.25, 0.3) is 0 Å². The lowest BCUT2D eigenvalue weighted by Crippen LogP contribution is -2.40. The molecule has 0 aromatic rings. The second-order valence-corrected chi connectivity index (χ2v) is 24.2. The molecule has 33 heavy (non-hydrogen) atoms. The van der Waals surface area contributed by atoms with Gasteiger partial charge >= 0.3 is 5.97 Å². The van der Waals surface area contributed by atoms with Gasteiger partial charge in [-0.3, -0.25) is 9.79 Å². The van der Waals surface area contributed by atoms with Crippen LogP contribution < -0.4 is 0 Å². The maximum atomic E-state index is 12.5. The molecule has 1 aliphatic rings. The lowest BCUT2D eigenvalue weighted by molar-refractivity contribution is -0.144. The first-order valence-corrected chi connectivity index (χ1v) is 20.1. The number of ether oxygens (including phenoxy) is 1. The molecule has 5 nitrogen and oxygen atoms in total. The molecule has 0 saturated carbocycles. The van der Waals surface area contributed by atoms with Crippen molar-refractivity contribution in [2.45, 2.75) is 91.2 Å². The largest absolute Gasteiger partial charge is 0.469 e. The van der Waals surface area contributed by atoms with Crippen LogP contribution in [0.5, 0.6) is 0 Å². The second-order valence-electron chi connectivity index (χ2n) is 11.8. The topological polar surface area (TPSA) is 68.1 Å². The van der Waals surface area contributed by atoms with E-state index in [0.29, 0.717) is 18.1 Å². The number of unbranched alkanes of at least 4 members (excludes halogenated alkanes) is 1. The average Bonchev–Trinajstić information content (AvgIpc) is 3.06. The minimum Gasteiger partial charge on any atom is -0.469 e. The number of esters is 1. The van der Waals surface area contributed by atoms with Crippen molar-refractivity contribution in [3.8, 4) is 0 Å². The summed E-state index contributed by atoms with van der Waals surface area (Å²) in [5, 5.41) is 0.225. The van der Waals surface area contributed by atoms with E-state index in [-0.39, 0.29) is 16.9 Å². The summed E-state index contributed by atoms with van der Waals surface area (Å²) < 4.78 is 24.0. The first kappa shape index (κ1) is 30.4. The van der Waals surface area contributed by atoms with E-state index in [2.05, 4.69) is 78.0 Å². The zero-order valence-electron chi connectivity index (χ0n) is 22.7. The first-order chi connectivity index (χ1) is 15.1. The fraction of sp³-hybridized carbons (Fsp3) is 0.760. The van der Waals surface area contributed by atoms with Crippen LogP contribution in [-0.2, 0) is 14.0 Å². The van der Waals surface area contributed by atoms with Crippen LogP contribution in [0.2, 0.25) is 37.3 Å². The molecular formula is C25H49NO4SSi2. The third kappa shape index (κ3) is 9.13. The summed E-state index contributed by atoms with van der Waals surface area (Å²) >= 11 is 0. The number of rotatable bonds is 13. The molecule has 0 aromatic heterocycles. The molecule has 0 fully saturated rings. The molecule has 1 heterocycles. The molecule has 0 spiro atoms. The highest BCUT2D eigenvalue weighted by Crippen LogP contribution is 2.58. The van der Waals surface area contributed by atoms with Crippen LogP contribution in [0.4, 0.5) is 0 Å². The minimum atomic E-state index is -2.20. The number of allylic oxidation sites excluding steroid dienone is 2. The Hall–Kier alpha value is -0.676. The zero-order valence-corrected chi connectivity index (χ0v) is 25.6. The van der Waals surface area contributed by atoms with E-state index in [1.807, 2.05) is 6.20 Å². The maximum absolute atomic E-state index is 12.5. The van der Waals surface area contributed by atoms with Crippen LogP contribution >= 0.6 is 10.3 Å². The van der Waals surface area contributed by atoms with Crippen LogP contribution in [0.1, 0.15) is 53.9 Å². The molecule has 1 unspecified atom stereocenters. The van der Waals surface area contributed by atoms with E-state index in [1.54, 1.807) is 5.55 Å². The fourth-order valence-electron chi connectivity index (χ4n) is 4.08. The monoisotopic (exact) mass is 515 g/mol. The van der Waals surface area contributed by atoms with Gasteiger partial charge in [-0.05, 0) is 47.8 Å². The number of carbonyl (C=O) groups is 1. The van der Waals surface area contributed by atoms with Crippen LogP contribution in [-0.4, -0.2) is 51.9 Å². The van der Waals surface area contributed by atoms with Crippen molar-refractivity contribution in [3.63, 3.8) is 0 Å². The van der Waals surface area contributed by atoms with Crippen molar-refractivity contribution in [2.24, 2.45) is 16.8 Å². The summed E-state index contributed by atoms with van der Waals surface area (Å²) in [7, 11) is -4.30. The Morgan fingerprint density at radius 2 is 1.85 bits per heavy atom. The molecule has 1 N–H and O–H groups in total. The van der Waals surface area contributed by atoms with Crippen molar-refractivity contribution in [1.29, 1.82) is 0 Å². The van der Waals surface area contributed by atoms with Gasteiger partial charge in [0.1, 0.15) is 0 Å². The predicted octanol–water partition coefficient (Wildman–Crippen LogP) is 7.59. The van der Waals surface area contributed by atoms with Gasteiger partial charge in [0.05, 0.1) is 26.6 Å². The molecule has 2 atom stereocenters. The number of carbonyl (C=O) groups excluding carboxylic acids is 1. The molecule has 0 amide bonds. The van der Waals surface area contributed by atoms with Gasteiger partial charge in [0, 0.05) is 18.6 Å². The van der Waals surface area contributed by atoms with Gasteiger partial charge in [-0.25, -0.2) is 0 Å².